The molecule has 13 heavy (non-hydrogen) atoms. The monoisotopic (exact) mass is 175 g/mol. The number of phenols is 1. The van der Waals surface area contributed by atoms with Crippen molar-refractivity contribution < 1.29 is 9.84 Å². The van der Waals surface area contributed by atoms with Crippen molar-refractivity contribution in [2.75, 3.05) is 7.11 Å². The van der Waals surface area contributed by atoms with Gasteiger partial charge in [0, 0.05) is 17.8 Å². The normalized spacial score (nSPS) is 10.2. The van der Waals surface area contributed by atoms with E-state index >= 15 is 0 Å². The summed E-state index contributed by atoms with van der Waals surface area (Å²) in [7, 11) is 1.53. The average Bonchev–Trinajstić information content (AvgIpc) is 2.17. The van der Waals surface area contributed by atoms with E-state index in [1.165, 1.54) is 7.11 Å². The van der Waals surface area contributed by atoms with Gasteiger partial charge in [0.2, 0.25) is 0 Å². The summed E-state index contributed by atoms with van der Waals surface area (Å²) in [5.74, 6) is 0.627. The number of fused-ring (bicyclic) bond motifs is 1. The van der Waals surface area contributed by atoms with Gasteiger partial charge in [0.05, 0.1) is 7.11 Å². The van der Waals surface area contributed by atoms with Crippen molar-refractivity contribution >= 4 is 10.8 Å². The van der Waals surface area contributed by atoms with Gasteiger partial charge in [0.15, 0.2) is 11.5 Å². The van der Waals surface area contributed by atoms with E-state index in [-0.39, 0.29) is 5.75 Å². The highest BCUT2D eigenvalue weighted by Gasteiger charge is 2.02. The molecule has 3 nitrogen and oxygen atoms in total. The summed E-state index contributed by atoms with van der Waals surface area (Å²) in [5.41, 5.74) is 0. The molecule has 2 aromatic rings. The summed E-state index contributed by atoms with van der Waals surface area (Å²) in [4.78, 5) is 3.98. The Bertz CT molecular complexity index is 440. The molecule has 0 fully saturated rings. The van der Waals surface area contributed by atoms with E-state index in [1.54, 1.807) is 24.5 Å². The molecular formula is C10H9NO2. The number of aromatic nitrogens is 1. The molecule has 0 aliphatic carbocycles. The summed E-state index contributed by atoms with van der Waals surface area (Å²) in [6, 6.07) is 5.27. The molecule has 0 radical (unpaired) electrons. The lowest BCUT2D eigenvalue weighted by Gasteiger charge is -2.04. The molecule has 0 aliphatic heterocycles. The summed E-state index contributed by atoms with van der Waals surface area (Å²) >= 11 is 0. The molecule has 1 heterocycles. The third kappa shape index (κ3) is 1.28. The predicted octanol–water partition coefficient (Wildman–Crippen LogP) is 1.95. The van der Waals surface area contributed by atoms with Crippen LogP contribution in [-0.2, 0) is 0 Å². The Morgan fingerprint density at radius 3 is 2.92 bits per heavy atom. The maximum Gasteiger partial charge on any atom is 0.161 e. The molecule has 0 amide bonds. The molecule has 66 valence electrons. The Balaban J connectivity index is 2.74. The van der Waals surface area contributed by atoms with E-state index in [0.29, 0.717) is 5.75 Å². The summed E-state index contributed by atoms with van der Waals surface area (Å²) in [6.45, 7) is 0. The van der Waals surface area contributed by atoms with Gasteiger partial charge in [0.1, 0.15) is 0 Å². The minimum absolute atomic E-state index is 0.154. The number of hydrogen-bond donors (Lipinski definition) is 1. The zero-order valence-corrected chi connectivity index (χ0v) is 7.19. The lowest BCUT2D eigenvalue weighted by atomic mass is 10.1. The molecule has 0 bridgehead atoms. The first-order valence-electron chi connectivity index (χ1n) is 3.92. The molecule has 0 atom stereocenters. The van der Waals surface area contributed by atoms with Gasteiger partial charge >= 0.3 is 0 Å². The van der Waals surface area contributed by atoms with Crippen LogP contribution in [0.5, 0.6) is 11.5 Å². The number of ether oxygens (including phenoxy) is 1. The van der Waals surface area contributed by atoms with Gasteiger partial charge in [-0.1, -0.05) is 0 Å². The zero-order valence-electron chi connectivity index (χ0n) is 7.19. The fraction of sp³-hybridized carbons (Fsp3) is 0.100. The van der Waals surface area contributed by atoms with Gasteiger partial charge in [-0.3, -0.25) is 4.98 Å². The number of methoxy groups -OCH3 is 1. The van der Waals surface area contributed by atoms with Crippen molar-refractivity contribution in [3.63, 3.8) is 0 Å². The van der Waals surface area contributed by atoms with E-state index in [1.807, 2.05) is 6.07 Å². The smallest absolute Gasteiger partial charge is 0.161 e. The van der Waals surface area contributed by atoms with Crippen LogP contribution in [0.3, 0.4) is 0 Å². The lowest BCUT2D eigenvalue weighted by molar-refractivity contribution is 0.374. The predicted molar refractivity (Wildman–Crippen MR) is 50.0 cm³/mol. The second-order valence-corrected chi connectivity index (χ2v) is 2.75. The molecule has 1 aromatic carbocycles. The van der Waals surface area contributed by atoms with Crippen LogP contribution in [0.2, 0.25) is 0 Å². The molecule has 3 heteroatoms. The van der Waals surface area contributed by atoms with Crippen molar-refractivity contribution in [2.45, 2.75) is 0 Å². The largest absolute Gasteiger partial charge is 0.504 e. The molecule has 1 N–H and O–H groups in total. The molecule has 0 saturated carbocycles. The minimum atomic E-state index is 0.154. The number of benzene rings is 1. The maximum absolute atomic E-state index is 9.46. The van der Waals surface area contributed by atoms with Gasteiger partial charge in [-0.2, -0.15) is 0 Å². The lowest BCUT2D eigenvalue weighted by Crippen LogP contribution is -1.84. The van der Waals surface area contributed by atoms with Crippen molar-refractivity contribution in [2.24, 2.45) is 0 Å². The SMILES string of the molecule is COc1cc2cnccc2cc1O. The third-order valence-corrected chi connectivity index (χ3v) is 1.94. The van der Waals surface area contributed by atoms with Gasteiger partial charge in [-0.25, -0.2) is 0 Å². The quantitative estimate of drug-likeness (QED) is 0.720. The molecule has 0 saturated heterocycles. The van der Waals surface area contributed by atoms with Crippen molar-refractivity contribution in [1.82, 2.24) is 4.98 Å². The molecule has 0 aliphatic rings. The third-order valence-electron chi connectivity index (χ3n) is 1.94. The molecule has 0 unspecified atom stereocenters. The van der Waals surface area contributed by atoms with E-state index in [2.05, 4.69) is 4.98 Å². The summed E-state index contributed by atoms with van der Waals surface area (Å²) in [5, 5.41) is 11.4. The first-order valence-corrected chi connectivity index (χ1v) is 3.92. The Kier molecular flexibility index (Phi) is 1.77. The van der Waals surface area contributed by atoms with Crippen LogP contribution in [0.15, 0.2) is 30.6 Å². The topological polar surface area (TPSA) is 42.4 Å². The number of hydrogen-bond acceptors (Lipinski definition) is 3. The van der Waals surface area contributed by atoms with Crippen LogP contribution < -0.4 is 4.74 Å². The number of pyridine rings is 1. The number of rotatable bonds is 1. The van der Waals surface area contributed by atoms with Crippen LogP contribution in [0.25, 0.3) is 10.8 Å². The van der Waals surface area contributed by atoms with E-state index < -0.39 is 0 Å². The highest BCUT2D eigenvalue weighted by molar-refractivity contribution is 5.84. The van der Waals surface area contributed by atoms with Gasteiger partial charge < -0.3 is 9.84 Å². The molecule has 2 rings (SSSR count). The van der Waals surface area contributed by atoms with E-state index in [9.17, 15) is 5.11 Å². The van der Waals surface area contributed by atoms with Crippen LogP contribution in [0, 0.1) is 0 Å². The number of phenolic OH excluding ortho intramolecular Hbond substituents is 1. The molecular weight excluding hydrogens is 166 g/mol. The molecule has 0 spiro atoms. The van der Waals surface area contributed by atoms with Crippen LogP contribution in [0.1, 0.15) is 0 Å². The Morgan fingerprint density at radius 2 is 2.15 bits per heavy atom. The Morgan fingerprint density at radius 1 is 1.31 bits per heavy atom. The maximum atomic E-state index is 9.46. The van der Waals surface area contributed by atoms with Gasteiger partial charge in [0.25, 0.3) is 0 Å². The average molecular weight is 175 g/mol. The first kappa shape index (κ1) is 7.86. The van der Waals surface area contributed by atoms with E-state index in [4.69, 9.17) is 4.74 Å². The molecule has 1 aromatic heterocycles. The Hall–Kier alpha value is -1.77. The van der Waals surface area contributed by atoms with Crippen molar-refractivity contribution in [3.8, 4) is 11.5 Å². The number of aromatic hydroxyl groups is 1. The second kappa shape index (κ2) is 2.94. The highest BCUT2D eigenvalue weighted by Crippen LogP contribution is 2.30. The fourth-order valence-electron chi connectivity index (χ4n) is 1.27. The van der Waals surface area contributed by atoms with Gasteiger partial charge in [-0.15, -0.1) is 0 Å². The van der Waals surface area contributed by atoms with Gasteiger partial charge in [-0.05, 0) is 23.6 Å². The Labute approximate surface area is 75.6 Å². The number of nitrogens with zero attached hydrogens (tertiary/aromatic N) is 1. The first-order chi connectivity index (χ1) is 6.31. The summed E-state index contributed by atoms with van der Waals surface area (Å²) in [6.07, 6.45) is 3.42. The van der Waals surface area contributed by atoms with E-state index in [0.717, 1.165) is 10.8 Å². The van der Waals surface area contributed by atoms with Crippen LogP contribution in [0.4, 0.5) is 0 Å². The fourth-order valence-corrected chi connectivity index (χ4v) is 1.27. The second-order valence-electron chi connectivity index (χ2n) is 2.75. The summed E-state index contributed by atoms with van der Waals surface area (Å²) < 4.78 is 4.98. The van der Waals surface area contributed by atoms with Crippen molar-refractivity contribution in [1.29, 1.82) is 0 Å². The minimum Gasteiger partial charge on any atom is -0.504 e. The van der Waals surface area contributed by atoms with Crippen LogP contribution >= 0.6 is 0 Å². The van der Waals surface area contributed by atoms with Crippen LogP contribution in [-0.4, -0.2) is 17.2 Å². The highest BCUT2D eigenvalue weighted by atomic mass is 16.5. The zero-order chi connectivity index (χ0) is 9.26. The standard InChI is InChI=1S/C10H9NO2/c1-13-10-5-8-6-11-3-2-7(8)4-9(10)12/h2-6,12H,1H3. The van der Waals surface area contributed by atoms with Crippen molar-refractivity contribution in [3.05, 3.63) is 30.6 Å².